The monoisotopic (exact) mass is 749 g/mol. The van der Waals surface area contributed by atoms with Crippen LogP contribution in [0.4, 0.5) is 0 Å². The Labute approximate surface area is 329 Å². The second-order valence-electron chi connectivity index (χ2n) is 15.7. The quantitative estimate of drug-likeness (QED) is 0.0268. The molecule has 0 spiro atoms. The molecular formula is C47H88O6. The van der Waals surface area contributed by atoms with E-state index in [1.165, 1.54) is 148 Å². The van der Waals surface area contributed by atoms with Gasteiger partial charge in [0.15, 0.2) is 6.10 Å². The molecule has 0 aliphatic rings. The summed E-state index contributed by atoms with van der Waals surface area (Å²) in [7, 11) is 0. The Morgan fingerprint density at radius 1 is 0.358 bits per heavy atom. The lowest BCUT2D eigenvalue weighted by Gasteiger charge is -2.18. The highest BCUT2D eigenvalue weighted by molar-refractivity contribution is 5.71. The average Bonchev–Trinajstić information content (AvgIpc) is 3.15. The smallest absolute Gasteiger partial charge is 0.306 e. The molecule has 0 saturated heterocycles. The van der Waals surface area contributed by atoms with Crippen molar-refractivity contribution in [2.24, 2.45) is 0 Å². The molecule has 0 N–H and O–H groups in total. The van der Waals surface area contributed by atoms with E-state index in [9.17, 15) is 14.4 Å². The van der Waals surface area contributed by atoms with Crippen molar-refractivity contribution in [3.8, 4) is 0 Å². The first kappa shape index (κ1) is 51.1. The minimum atomic E-state index is -0.761. The largest absolute Gasteiger partial charge is 0.462 e. The number of carbonyl (C=O) groups excluding carboxylic acids is 3. The Morgan fingerprint density at radius 2 is 0.623 bits per heavy atom. The van der Waals surface area contributed by atoms with Crippen LogP contribution in [0.2, 0.25) is 0 Å². The van der Waals surface area contributed by atoms with Crippen LogP contribution in [0.3, 0.4) is 0 Å². The van der Waals surface area contributed by atoms with Gasteiger partial charge in [0.05, 0.1) is 0 Å². The predicted molar refractivity (Wildman–Crippen MR) is 224 cm³/mol. The van der Waals surface area contributed by atoms with E-state index in [2.05, 4.69) is 32.9 Å². The van der Waals surface area contributed by atoms with E-state index < -0.39 is 6.10 Å². The number of carbonyl (C=O) groups is 3. The summed E-state index contributed by atoms with van der Waals surface area (Å²) in [5.41, 5.74) is 0. The minimum absolute atomic E-state index is 0.0691. The summed E-state index contributed by atoms with van der Waals surface area (Å²) in [5.74, 6) is -0.878. The van der Waals surface area contributed by atoms with Crippen LogP contribution in [0, 0.1) is 0 Å². The minimum Gasteiger partial charge on any atom is -0.462 e. The maximum atomic E-state index is 12.7. The molecule has 0 aliphatic carbocycles. The lowest BCUT2D eigenvalue weighted by molar-refractivity contribution is -0.167. The van der Waals surface area contributed by atoms with E-state index in [0.717, 1.165) is 64.2 Å². The molecule has 0 bridgehead atoms. The van der Waals surface area contributed by atoms with Gasteiger partial charge in [-0.15, -0.1) is 0 Å². The molecule has 0 rings (SSSR count). The molecule has 312 valence electrons. The first-order valence-electron chi connectivity index (χ1n) is 23.2. The first-order valence-corrected chi connectivity index (χ1v) is 23.2. The van der Waals surface area contributed by atoms with Crippen molar-refractivity contribution in [1.82, 2.24) is 0 Å². The number of hydrogen-bond acceptors (Lipinski definition) is 6. The van der Waals surface area contributed by atoms with Gasteiger partial charge in [0.1, 0.15) is 13.2 Å². The number of rotatable bonds is 42. The Kier molecular flexibility index (Phi) is 41.4. The summed E-state index contributed by atoms with van der Waals surface area (Å²) in [4.78, 5) is 37.5. The van der Waals surface area contributed by atoms with E-state index >= 15 is 0 Å². The van der Waals surface area contributed by atoms with Gasteiger partial charge in [0.25, 0.3) is 0 Å². The normalized spacial score (nSPS) is 12.0. The highest BCUT2D eigenvalue weighted by atomic mass is 16.6. The molecule has 1 unspecified atom stereocenters. The third-order valence-corrected chi connectivity index (χ3v) is 10.3. The van der Waals surface area contributed by atoms with Crippen molar-refractivity contribution in [3.05, 3.63) is 12.2 Å². The van der Waals surface area contributed by atoms with Gasteiger partial charge in [-0.05, 0) is 44.9 Å². The van der Waals surface area contributed by atoms with Gasteiger partial charge in [0.2, 0.25) is 0 Å². The molecule has 6 heteroatoms. The molecule has 0 aromatic carbocycles. The van der Waals surface area contributed by atoms with Gasteiger partial charge in [0, 0.05) is 19.3 Å². The fraction of sp³-hybridized carbons (Fsp3) is 0.894. The van der Waals surface area contributed by atoms with Crippen molar-refractivity contribution in [3.63, 3.8) is 0 Å². The number of unbranched alkanes of at least 4 members (excludes halogenated alkanes) is 29. The molecule has 0 saturated carbocycles. The molecule has 1 atom stereocenters. The van der Waals surface area contributed by atoms with Crippen LogP contribution in [0.15, 0.2) is 12.2 Å². The van der Waals surface area contributed by atoms with Gasteiger partial charge in [-0.25, -0.2) is 0 Å². The van der Waals surface area contributed by atoms with Crippen LogP contribution in [0.1, 0.15) is 252 Å². The summed E-state index contributed by atoms with van der Waals surface area (Å²) in [6, 6.07) is 0. The fourth-order valence-corrected chi connectivity index (χ4v) is 6.73. The summed E-state index contributed by atoms with van der Waals surface area (Å²) in [6.45, 7) is 6.56. The maximum absolute atomic E-state index is 12.7. The van der Waals surface area contributed by atoms with Crippen LogP contribution in [0.5, 0.6) is 0 Å². The van der Waals surface area contributed by atoms with E-state index in [4.69, 9.17) is 14.2 Å². The van der Waals surface area contributed by atoms with Crippen molar-refractivity contribution < 1.29 is 28.6 Å². The Morgan fingerprint density at radius 3 is 0.943 bits per heavy atom. The molecule has 6 nitrogen and oxygen atoms in total. The van der Waals surface area contributed by atoms with E-state index in [0.29, 0.717) is 19.3 Å². The number of hydrogen-bond donors (Lipinski definition) is 0. The summed E-state index contributed by atoms with van der Waals surface area (Å²) in [6.07, 6.45) is 45.1. The van der Waals surface area contributed by atoms with Gasteiger partial charge >= 0.3 is 17.9 Å². The van der Waals surface area contributed by atoms with Crippen molar-refractivity contribution in [1.29, 1.82) is 0 Å². The highest BCUT2D eigenvalue weighted by Crippen LogP contribution is 2.15. The van der Waals surface area contributed by atoms with Gasteiger partial charge in [-0.1, -0.05) is 200 Å². The molecule has 0 aliphatic heterocycles. The maximum Gasteiger partial charge on any atom is 0.306 e. The number of ether oxygens (including phenoxy) is 3. The van der Waals surface area contributed by atoms with Crippen LogP contribution >= 0.6 is 0 Å². The third-order valence-electron chi connectivity index (χ3n) is 10.3. The van der Waals surface area contributed by atoms with Gasteiger partial charge < -0.3 is 14.2 Å². The Balaban J connectivity index is 4.17. The lowest BCUT2D eigenvalue weighted by atomic mass is 10.0. The predicted octanol–water partition coefficient (Wildman–Crippen LogP) is 14.6. The second-order valence-corrected chi connectivity index (χ2v) is 15.7. The second kappa shape index (κ2) is 42.9. The highest BCUT2D eigenvalue weighted by Gasteiger charge is 2.19. The average molecular weight is 749 g/mol. The summed E-state index contributed by atoms with van der Waals surface area (Å²) >= 11 is 0. The van der Waals surface area contributed by atoms with Crippen LogP contribution in [0.25, 0.3) is 0 Å². The Hall–Kier alpha value is -1.85. The SMILES string of the molecule is CCCCCCCC/C=C\CCCCCCCCCC(=O)OCC(COC(=O)CCCCCCC)OC(=O)CCCCCCCCCCCCCCC. The molecule has 0 heterocycles. The molecular weight excluding hydrogens is 661 g/mol. The number of allylic oxidation sites excluding steroid dienone is 2. The van der Waals surface area contributed by atoms with Gasteiger partial charge in [-0.3, -0.25) is 14.4 Å². The van der Waals surface area contributed by atoms with Crippen LogP contribution < -0.4 is 0 Å². The molecule has 0 aromatic rings. The summed E-state index contributed by atoms with van der Waals surface area (Å²) < 4.78 is 16.6. The van der Waals surface area contributed by atoms with Crippen molar-refractivity contribution in [2.75, 3.05) is 13.2 Å². The molecule has 0 radical (unpaired) electrons. The molecule has 0 aromatic heterocycles. The standard InChI is InChI=1S/C47H88O6/c1-4-7-10-13-15-17-19-21-22-23-24-26-27-29-31-34-37-40-46(49)52-43-44(42-51-45(48)39-36-33-12-9-6-3)53-47(50)41-38-35-32-30-28-25-20-18-16-14-11-8-5-2/h21-22,44H,4-20,23-43H2,1-3H3/b22-21-. The van der Waals surface area contributed by atoms with Gasteiger partial charge in [-0.2, -0.15) is 0 Å². The zero-order valence-corrected chi connectivity index (χ0v) is 35.6. The Bertz CT molecular complexity index is 824. The molecule has 0 amide bonds. The van der Waals surface area contributed by atoms with Crippen LogP contribution in [-0.2, 0) is 28.6 Å². The van der Waals surface area contributed by atoms with E-state index in [-0.39, 0.29) is 31.1 Å². The van der Waals surface area contributed by atoms with Crippen molar-refractivity contribution in [2.45, 2.75) is 258 Å². The molecule has 53 heavy (non-hydrogen) atoms. The first-order chi connectivity index (χ1) is 26.0. The zero-order chi connectivity index (χ0) is 38.7. The van der Waals surface area contributed by atoms with Crippen LogP contribution in [-0.4, -0.2) is 37.2 Å². The third kappa shape index (κ3) is 41.2. The fourth-order valence-electron chi connectivity index (χ4n) is 6.73. The lowest BCUT2D eigenvalue weighted by Crippen LogP contribution is -2.30. The number of esters is 3. The zero-order valence-electron chi connectivity index (χ0n) is 35.6. The van der Waals surface area contributed by atoms with E-state index in [1.807, 2.05) is 0 Å². The molecule has 0 fully saturated rings. The van der Waals surface area contributed by atoms with E-state index in [1.54, 1.807) is 0 Å². The van der Waals surface area contributed by atoms with Crippen molar-refractivity contribution >= 4 is 17.9 Å². The topological polar surface area (TPSA) is 78.9 Å². The summed E-state index contributed by atoms with van der Waals surface area (Å²) in [5, 5.41) is 0.